The van der Waals surface area contributed by atoms with Crippen LogP contribution in [0, 0.1) is 11.8 Å². The second-order valence-electron chi connectivity index (χ2n) is 11.4. The van der Waals surface area contributed by atoms with Gasteiger partial charge in [-0.15, -0.1) is 22.7 Å². The van der Waals surface area contributed by atoms with Crippen LogP contribution in [-0.4, -0.2) is 12.3 Å². The zero-order valence-electron chi connectivity index (χ0n) is 22.1. The third-order valence-electron chi connectivity index (χ3n) is 9.21. The molecule has 38 heavy (non-hydrogen) atoms. The largest absolute Gasteiger partial charge is 0.337 e. The number of hydrogen-bond donors (Lipinski definition) is 0. The van der Waals surface area contributed by atoms with E-state index in [-0.39, 0.29) is 0 Å². The Balaban J connectivity index is 1.28. The summed E-state index contributed by atoms with van der Waals surface area (Å²) in [5.41, 5.74) is 7.15. The first-order chi connectivity index (χ1) is 18.7. The average molecular weight is 538 g/mol. The smallest absolute Gasteiger partial charge is 0.160 e. The summed E-state index contributed by atoms with van der Waals surface area (Å²) >= 11 is 3.54. The lowest BCUT2D eigenvalue weighted by molar-refractivity contribution is 0.112. The molecule has 0 N–H and O–H groups in total. The van der Waals surface area contributed by atoms with E-state index in [9.17, 15) is 4.79 Å². The van der Waals surface area contributed by atoms with Crippen molar-refractivity contribution >= 4 is 40.3 Å². The number of hydrogen-bond acceptors (Lipinski definition) is 4. The summed E-state index contributed by atoms with van der Waals surface area (Å²) in [6, 6.07) is 25.5. The molecule has 0 amide bonds. The number of benzene rings is 2. The molecule has 2 fully saturated rings. The Hall–Kier alpha value is -2.69. The number of unbranched alkanes of at least 4 members (excludes halogenated alkanes) is 3. The highest BCUT2D eigenvalue weighted by atomic mass is 32.1. The van der Waals surface area contributed by atoms with Crippen LogP contribution in [0.4, 0.5) is 11.4 Å². The van der Waals surface area contributed by atoms with Crippen LogP contribution >= 0.6 is 22.7 Å². The standard InChI is InChI=1S/C34H35NOS2/c1-2-3-4-6-9-25-20-31(38-34(25)30-17-15-27(21-36)37-30)22-14-16-29-28(19-22)32-23-12-13-24(18-23)33(32)35(29)26-10-7-5-8-11-26/h5,7-8,10-11,14-17,19-21,23-24,32-33H,2-4,6,9,12-13,18H2,1H3. The van der Waals surface area contributed by atoms with E-state index in [1.165, 1.54) is 82.1 Å². The molecule has 1 aliphatic heterocycles. The van der Waals surface area contributed by atoms with E-state index in [1.54, 1.807) is 16.9 Å². The van der Waals surface area contributed by atoms with Crippen molar-refractivity contribution in [2.24, 2.45) is 11.8 Å². The van der Waals surface area contributed by atoms with Crippen LogP contribution in [0.5, 0.6) is 0 Å². The number of aryl methyl sites for hydroxylation is 1. The summed E-state index contributed by atoms with van der Waals surface area (Å²) in [5, 5.41) is 0. The Morgan fingerprint density at radius 1 is 0.895 bits per heavy atom. The first-order valence-electron chi connectivity index (χ1n) is 14.4. The third kappa shape index (κ3) is 4.08. The van der Waals surface area contributed by atoms with Gasteiger partial charge in [0.25, 0.3) is 0 Å². The molecule has 2 aromatic carbocycles. The van der Waals surface area contributed by atoms with E-state index >= 15 is 0 Å². The van der Waals surface area contributed by atoms with Gasteiger partial charge in [0.15, 0.2) is 6.29 Å². The van der Waals surface area contributed by atoms with Gasteiger partial charge in [-0.05, 0) is 103 Å². The molecule has 0 saturated heterocycles. The molecule has 194 valence electrons. The molecule has 4 unspecified atom stereocenters. The van der Waals surface area contributed by atoms with Crippen LogP contribution in [0.1, 0.15) is 78.6 Å². The lowest BCUT2D eigenvalue weighted by Gasteiger charge is -2.33. The summed E-state index contributed by atoms with van der Waals surface area (Å²) in [6.45, 7) is 2.27. The molecule has 4 heteroatoms. The minimum atomic E-state index is 0.613. The molecule has 2 saturated carbocycles. The number of para-hydroxylation sites is 1. The van der Waals surface area contributed by atoms with Crippen LogP contribution in [0.2, 0.25) is 0 Å². The molecule has 4 atom stereocenters. The fraction of sp³-hybridized carbons (Fsp3) is 0.382. The molecule has 7 rings (SSSR count). The van der Waals surface area contributed by atoms with Gasteiger partial charge in [-0.3, -0.25) is 4.79 Å². The van der Waals surface area contributed by atoms with Gasteiger partial charge < -0.3 is 4.90 Å². The van der Waals surface area contributed by atoms with Crippen molar-refractivity contribution in [2.45, 2.75) is 70.3 Å². The van der Waals surface area contributed by atoms with E-state index in [2.05, 4.69) is 72.5 Å². The number of thiophene rings is 2. The zero-order valence-corrected chi connectivity index (χ0v) is 23.7. The van der Waals surface area contributed by atoms with Crippen molar-refractivity contribution in [3.8, 4) is 20.2 Å². The zero-order chi connectivity index (χ0) is 25.6. The molecule has 2 bridgehead atoms. The predicted molar refractivity (Wildman–Crippen MR) is 162 cm³/mol. The molecule has 2 aliphatic carbocycles. The maximum Gasteiger partial charge on any atom is 0.160 e. The van der Waals surface area contributed by atoms with Gasteiger partial charge in [-0.1, -0.05) is 50.5 Å². The van der Waals surface area contributed by atoms with Crippen LogP contribution < -0.4 is 4.90 Å². The molecule has 3 heterocycles. The molecule has 0 radical (unpaired) electrons. The fourth-order valence-corrected chi connectivity index (χ4v) is 9.75. The van der Waals surface area contributed by atoms with E-state index in [4.69, 9.17) is 0 Å². The number of fused-ring (bicyclic) bond motifs is 7. The normalized spacial score (nSPS) is 23.1. The van der Waals surface area contributed by atoms with Gasteiger partial charge in [-0.25, -0.2) is 0 Å². The topological polar surface area (TPSA) is 20.3 Å². The first-order valence-corrected chi connectivity index (χ1v) is 16.0. The van der Waals surface area contributed by atoms with Crippen LogP contribution in [-0.2, 0) is 6.42 Å². The van der Waals surface area contributed by atoms with Crippen LogP contribution in [0.15, 0.2) is 66.7 Å². The van der Waals surface area contributed by atoms with Crippen LogP contribution in [0.25, 0.3) is 20.2 Å². The van der Waals surface area contributed by atoms with Crippen molar-refractivity contribution in [1.29, 1.82) is 0 Å². The first kappa shape index (κ1) is 24.4. The second-order valence-corrected chi connectivity index (χ2v) is 13.6. The average Bonchev–Trinajstić information content (AvgIpc) is 3.78. The van der Waals surface area contributed by atoms with Crippen LogP contribution in [0.3, 0.4) is 0 Å². The number of carbonyl (C=O) groups excluding carboxylic acids is 1. The highest BCUT2D eigenvalue weighted by Crippen LogP contribution is 2.62. The molecule has 4 aromatic rings. The summed E-state index contributed by atoms with van der Waals surface area (Å²) < 4.78 is 0. The Morgan fingerprint density at radius 2 is 1.76 bits per heavy atom. The number of nitrogens with zero attached hydrogens (tertiary/aromatic N) is 1. The maximum atomic E-state index is 11.4. The highest BCUT2D eigenvalue weighted by Gasteiger charge is 2.55. The van der Waals surface area contributed by atoms with E-state index in [0.717, 1.165) is 29.4 Å². The SMILES string of the molecule is CCCCCCc1cc(-c2ccc3c(c2)C2C4CCC(C4)C2N3c2ccccc2)sc1-c1ccc(C=O)s1. The van der Waals surface area contributed by atoms with E-state index in [0.29, 0.717) is 12.0 Å². The second kappa shape index (κ2) is 10.1. The van der Waals surface area contributed by atoms with Gasteiger partial charge in [-0.2, -0.15) is 0 Å². The Kier molecular flexibility index (Phi) is 6.49. The minimum absolute atomic E-state index is 0.613. The van der Waals surface area contributed by atoms with E-state index < -0.39 is 0 Å². The van der Waals surface area contributed by atoms with Gasteiger partial charge in [0.2, 0.25) is 0 Å². The molecule has 2 aromatic heterocycles. The molecular formula is C34H35NOS2. The van der Waals surface area contributed by atoms with Gasteiger partial charge in [0, 0.05) is 38.0 Å². The molecule has 3 aliphatic rings. The predicted octanol–water partition coefficient (Wildman–Crippen LogP) is 10.1. The van der Waals surface area contributed by atoms with Crippen molar-refractivity contribution < 1.29 is 4.79 Å². The molecule has 2 nitrogen and oxygen atoms in total. The van der Waals surface area contributed by atoms with Crippen molar-refractivity contribution in [3.63, 3.8) is 0 Å². The Labute approximate surface area is 234 Å². The van der Waals surface area contributed by atoms with Crippen molar-refractivity contribution in [3.05, 3.63) is 82.7 Å². The van der Waals surface area contributed by atoms with Gasteiger partial charge in [0.1, 0.15) is 0 Å². The lowest BCUT2D eigenvalue weighted by atomic mass is 9.81. The number of carbonyl (C=O) groups is 1. The highest BCUT2D eigenvalue weighted by molar-refractivity contribution is 7.24. The van der Waals surface area contributed by atoms with Gasteiger partial charge in [0.05, 0.1) is 4.88 Å². The number of anilines is 2. The molecular weight excluding hydrogens is 503 g/mol. The third-order valence-corrected chi connectivity index (χ3v) is 11.6. The summed E-state index contributed by atoms with van der Waals surface area (Å²) in [4.78, 5) is 18.9. The maximum absolute atomic E-state index is 11.4. The summed E-state index contributed by atoms with van der Waals surface area (Å²) in [5.74, 6) is 2.30. The van der Waals surface area contributed by atoms with Gasteiger partial charge >= 0.3 is 0 Å². The quantitative estimate of drug-likeness (QED) is 0.156. The Bertz CT molecular complexity index is 1450. The Morgan fingerprint density at radius 3 is 2.58 bits per heavy atom. The fourth-order valence-electron chi connectivity index (χ4n) is 7.57. The number of rotatable bonds is 9. The lowest BCUT2D eigenvalue weighted by Crippen LogP contribution is -2.35. The number of aldehydes is 1. The monoisotopic (exact) mass is 537 g/mol. The summed E-state index contributed by atoms with van der Waals surface area (Å²) in [7, 11) is 0. The minimum Gasteiger partial charge on any atom is -0.337 e. The van der Waals surface area contributed by atoms with Crippen molar-refractivity contribution in [2.75, 3.05) is 4.90 Å². The van der Waals surface area contributed by atoms with E-state index in [1.807, 2.05) is 17.4 Å². The van der Waals surface area contributed by atoms with Crippen molar-refractivity contribution in [1.82, 2.24) is 0 Å². The molecule has 0 spiro atoms. The summed E-state index contributed by atoms with van der Waals surface area (Å²) in [6.07, 6.45) is 11.3.